The lowest BCUT2D eigenvalue weighted by Gasteiger charge is -2.49. The zero-order valence-corrected chi connectivity index (χ0v) is 34.9. The van der Waals surface area contributed by atoms with Crippen molar-refractivity contribution in [3.8, 4) is 0 Å². The Kier molecular flexibility index (Phi) is 22.2. The lowest BCUT2D eigenvalue weighted by atomic mass is 10.2. The third kappa shape index (κ3) is 14.7. The highest BCUT2D eigenvalue weighted by molar-refractivity contribution is 8.77. The van der Waals surface area contributed by atoms with Gasteiger partial charge in [0.25, 0.3) is 0 Å². The fourth-order valence-corrected chi connectivity index (χ4v) is 27.1. The first kappa shape index (κ1) is 43.8. The van der Waals surface area contributed by atoms with Gasteiger partial charge in [-0.1, -0.05) is 31.7 Å². The third-order valence-corrected chi connectivity index (χ3v) is 26.8. The van der Waals surface area contributed by atoms with Crippen LogP contribution in [-0.2, 0) is 57.6 Å². The van der Waals surface area contributed by atoms with E-state index in [0.717, 1.165) is 42.7 Å². The van der Waals surface area contributed by atoms with Crippen LogP contribution in [0.25, 0.3) is 0 Å². The van der Waals surface area contributed by atoms with Gasteiger partial charge in [-0.05, 0) is 66.7 Å². The summed E-state index contributed by atoms with van der Waals surface area (Å²) in [5.74, 6) is 1.90. The lowest BCUT2D eigenvalue weighted by Crippen LogP contribution is -2.69. The molecule has 0 saturated carbocycles. The predicted molar refractivity (Wildman–Crippen MR) is 186 cm³/mol. The molecule has 0 aromatic rings. The Balaban J connectivity index is 2.64. The smallest absolute Gasteiger partial charge is 0.377 e. The van der Waals surface area contributed by atoms with Crippen molar-refractivity contribution in [2.24, 2.45) is 0 Å². The fraction of sp³-hybridized carbons (Fsp3) is 1.00. The Bertz CT molecular complexity index is 775. The van der Waals surface area contributed by atoms with Crippen molar-refractivity contribution in [3.05, 3.63) is 0 Å². The minimum atomic E-state index is -3.87. The van der Waals surface area contributed by atoms with Crippen molar-refractivity contribution in [1.82, 2.24) is 0 Å². The molecule has 2 rings (SSSR count). The van der Waals surface area contributed by atoms with Crippen LogP contribution in [0.15, 0.2) is 0 Å². The molecule has 0 aromatic carbocycles. The van der Waals surface area contributed by atoms with Gasteiger partial charge in [0.15, 0.2) is 0 Å². The zero-order chi connectivity index (χ0) is 33.8. The van der Waals surface area contributed by atoms with Gasteiger partial charge in [0.2, 0.25) is 0 Å². The first-order chi connectivity index (χ1) is 22.2. The molecular formula is C23H52O15S4Si4. The van der Waals surface area contributed by atoms with E-state index in [9.17, 15) is 0 Å². The number of hydrogen-bond donors (Lipinski definition) is 2. The molecule has 2 atom stereocenters. The highest BCUT2D eigenvalue weighted by atomic mass is 33.1. The summed E-state index contributed by atoms with van der Waals surface area (Å²) in [6.45, 7) is 11.1. The van der Waals surface area contributed by atoms with Crippen molar-refractivity contribution in [3.63, 3.8) is 0 Å². The molecule has 0 radical (unpaired) electrons. The van der Waals surface area contributed by atoms with Crippen molar-refractivity contribution in [1.29, 1.82) is 0 Å². The molecule has 0 aromatic heterocycles. The van der Waals surface area contributed by atoms with Crippen LogP contribution in [0, 0.1) is 0 Å². The Hall–Kier alpha value is 1.67. The molecule has 0 amide bonds. The second-order valence-electron chi connectivity index (χ2n) is 10.2. The molecule has 2 N–H and O–H groups in total. The van der Waals surface area contributed by atoms with E-state index in [1.165, 1.54) is 0 Å². The van der Waals surface area contributed by atoms with Crippen LogP contribution < -0.4 is 0 Å². The molecule has 0 aliphatic carbocycles. The average molecular weight is 809 g/mol. The molecular weight excluding hydrogens is 757 g/mol. The molecule has 15 nitrogen and oxygen atoms in total. The first-order valence-corrected chi connectivity index (χ1v) is 27.4. The quantitative estimate of drug-likeness (QED) is 0.0247. The maximum atomic E-state index is 8.56. The summed E-state index contributed by atoms with van der Waals surface area (Å²) in [4.78, 5) is -0.505. The molecule has 2 bridgehead atoms. The van der Waals surface area contributed by atoms with Crippen LogP contribution in [0.2, 0.25) is 24.2 Å². The molecule has 2 fully saturated rings. The van der Waals surface area contributed by atoms with Gasteiger partial charge in [0.05, 0.1) is 0 Å². The second-order valence-corrected chi connectivity index (χ2v) is 26.3. The number of fused-ring (bicyclic) bond motifs is 2. The van der Waals surface area contributed by atoms with Crippen LogP contribution in [0.5, 0.6) is 0 Å². The maximum Gasteiger partial charge on any atom is 0.494 e. The number of hydrogen-bond acceptors (Lipinski definition) is 19. The monoisotopic (exact) mass is 808 g/mol. The van der Waals surface area contributed by atoms with Gasteiger partial charge in [-0.15, -0.1) is 8.67 Å². The van der Waals surface area contributed by atoms with E-state index >= 15 is 0 Å². The normalized spacial score (nSPS) is 24.3. The molecule has 2 aliphatic rings. The average Bonchev–Trinajstić information content (AvgIpc) is 2.99. The van der Waals surface area contributed by atoms with Crippen molar-refractivity contribution in [2.45, 2.75) is 95.8 Å². The van der Waals surface area contributed by atoms with Gasteiger partial charge < -0.3 is 38.9 Å². The van der Waals surface area contributed by atoms with Gasteiger partial charge in [-0.3, -0.25) is 0 Å². The highest BCUT2D eigenvalue weighted by Crippen LogP contribution is 2.49. The molecule has 2 heterocycles. The molecule has 274 valence electrons. The summed E-state index contributed by atoms with van der Waals surface area (Å²) in [7, 11) is -9.09. The van der Waals surface area contributed by atoms with E-state index in [1.807, 2.05) is 38.5 Å². The lowest BCUT2D eigenvalue weighted by molar-refractivity contribution is -0.432. The Morgan fingerprint density at radius 3 is 1.78 bits per heavy atom. The summed E-state index contributed by atoms with van der Waals surface area (Å²) in [5, 5.41) is 24.6. The topological polar surface area (TPSA) is 160 Å². The van der Waals surface area contributed by atoms with E-state index in [0.29, 0.717) is 81.4 Å². The fourth-order valence-electron chi connectivity index (χ4n) is 5.09. The molecule has 23 heteroatoms. The van der Waals surface area contributed by atoms with E-state index in [2.05, 4.69) is 25.7 Å². The van der Waals surface area contributed by atoms with Crippen molar-refractivity contribution >= 4 is 80.9 Å². The van der Waals surface area contributed by atoms with E-state index in [-0.39, 0.29) is 0 Å². The molecule has 1 unspecified atom stereocenters. The number of rotatable bonds is 25. The predicted octanol–water partition coefficient (Wildman–Crippen LogP) is 6.81. The first-order valence-electron chi connectivity index (χ1n) is 15.6. The van der Waals surface area contributed by atoms with Gasteiger partial charge in [-0.25, -0.2) is 10.5 Å². The van der Waals surface area contributed by atoms with E-state index < -0.39 is 40.2 Å². The second kappa shape index (κ2) is 23.3. The minimum Gasteiger partial charge on any atom is -0.377 e. The molecule has 2 aliphatic heterocycles. The Morgan fingerprint density at radius 1 is 0.804 bits per heavy atom. The summed E-state index contributed by atoms with van der Waals surface area (Å²) in [6.07, 6.45) is 3.40. The molecule has 46 heavy (non-hydrogen) atoms. The highest BCUT2D eigenvalue weighted by Gasteiger charge is 2.65. The van der Waals surface area contributed by atoms with Gasteiger partial charge in [0, 0.05) is 99.1 Å². The van der Waals surface area contributed by atoms with Gasteiger partial charge in [-0.2, -0.15) is 0 Å². The summed E-state index contributed by atoms with van der Waals surface area (Å²) >= 11 is 1.93. The maximum absolute atomic E-state index is 8.56. The largest absolute Gasteiger partial charge is 0.494 e. The third-order valence-electron chi connectivity index (χ3n) is 6.71. The van der Waals surface area contributed by atoms with E-state index in [4.69, 9.17) is 49.4 Å². The van der Waals surface area contributed by atoms with Crippen LogP contribution in [0.3, 0.4) is 0 Å². The van der Waals surface area contributed by atoms with E-state index in [1.54, 1.807) is 17.9 Å². The Labute approximate surface area is 294 Å². The zero-order valence-electron chi connectivity index (χ0n) is 27.6. The summed E-state index contributed by atoms with van der Waals surface area (Å²) in [6, 6.07) is 1.90. The SMILES string of the molecule is CCO[Si](CCCSOOO)(OCC)O[Si]1(O[Si](CCCSOOO)(OCC)OCC)CCC[C@]2(C)O[Si](OC)(CCCSS2)O1. The minimum absolute atomic E-state index is 0.346. The van der Waals surface area contributed by atoms with Crippen LogP contribution >= 0.6 is 45.7 Å². The standard InChI is InChI=1S/C23H52O15S4Si4/c1-7-27-44(28-8-2,21-12-16-39-34-32-24)37-46(38-45(29-9-3,30-10-4)22-13-17-40-35-33-25)19-11-15-23(5)31-43(26-6,36-46)20-14-18-41-42-23/h24-25H,7-22H2,1-6H3/t23-,43?/m1/s1. The van der Waals surface area contributed by atoms with Gasteiger partial charge >= 0.3 is 35.2 Å². The van der Waals surface area contributed by atoms with Crippen LogP contribution in [-0.4, -0.2) is 101 Å². The Morgan fingerprint density at radius 2 is 1.33 bits per heavy atom. The molecule has 2 saturated heterocycles. The van der Waals surface area contributed by atoms with Crippen molar-refractivity contribution in [2.75, 3.05) is 50.8 Å². The summed E-state index contributed by atoms with van der Waals surface area (Å²) < 4.78 is 69.6. The summed E-state index contributed by atoms with van der Waals surface area (Å²) in [5.41, 5.74) is 0. The van der Waals surface area contributed by atoms with Crippen LogP contribution in [0.1, 0.15) is 66.7 Å². The van der Waals surface area contributed by atoms with Crippen molar-refractivity contribution < 1.29 is 68.2 Å². The van der Waals surface area contributed by atoms with Gasteiger partial charge in [0.1, 0.15) is 4.93 Å². The molecule has 0 spiro atoms. The van der Waals surface area contributed by atoms with Crippen LogP contribution in [0.4, 0.5) is 0 Å².